The van der Waals surface area contributed by atoms with Crippen molar-refractivity contribution in [3.63, 3.8) is 0 Å². The van der Waals surface area contributed by atoms with E-state index in [1.807, 2.05) is 0 Å². The lowest BCUT2D eigenvalue weighted by Gasteiger charge is -2.19. The second-order valence-electron chi connectivity index (χ2n) is 5.45. The van der Waals surface area contributed by atoms with Gasteiger partial charge in [0.25, 0.3) is 0 Å². The van der Waals surface area contributed by atoms with Gasteiger partial charge in [-0.1, -0.05) is 0 Å². The number of fused-ring (bicyclic) bond motifs is 1. The summed E-state index contributed by atoms with van der Waals surface area (Å²) in [6.45, 7) is 2.79. The fourth-order valence-electron chi connectivity index (χ4n) is 2.58. The van der Waals surface area contributed by atoms with Gasteiger partial charge in [-0.15, -0.1) is 0 Å². The van der Waals surface area contributed by atoms with E-state index in [2.05, 4.69) is 0 Å². The summed E-state index contributed by atoms with van der Waals surface area (Å²) in [7, 11) is -3.51. The van der Waals surface area contributed by atoms with Gasteiger partial charge in [-0.05, 0) is 37.1 Å². The van der Waals surface area contributed by atoms with Crippen molar-refractivity contribution in [1.29, 1.82) is 0 Å². The van der Waals surface area contributed by atoms with Gasteiger partial charge in [0.05, 0.1) is 17.1 Å². The van der Waals surface area contributed by atoms with E-state index in [1.54, 1.807) is 25.1 Å². The Balaban J connectivity index is 1.93. The third-order valence-electron chi connectivity index (χ3n) is 3.72. The fraction of sp³-hybridized carbons (Fsp3) is 0.538. The first kappa shape index (κ1) is 12.9. The van der Waals surface area contributed by atoms with Crippen LogP contribution in [-0.2, 0) is 16.4 Å². The van der Waals surface area contributed by atoms with E-state index in [1.165, 1.54) is 4.31 Å². The van der Waals surface area contributed by atoms with Gasteiger partial charge >= 0.3 is 0 Å². The molecule has 5 nitrogen and oxygen atoms in total. The molecule has 0 aliphatic carbocycles. The predicted molar refractivity (Wildman–Crippen MR) is 69.6 cm³/mol. The smallest absolute Gasteiger partial charge is 0.243 e. The summed E-state index contributed by atoms with van der Waals surface area (Å²) in [5.41, 5.74) is 0.0134. The summed E-state index contributed by atoms with van der Waals surface area (Å²) in [6.07, 6.45) is 1.22. The maximum absolute atomic E-state index is 12.5. The van der Waals surface area contributed by atoms with Crippen LogP contribution in [0.2, 0.25) is 0 Å². The second kappa shape index (κ2) is 4.19. The van der Waals surface area contributed by atoms with Crippen molar-refractivity contribution in [2.75, 3.05) is 19.7 Å². The zero-order valence-electron chi connectivity index (χ0n) is 10.8. The number of rotatable bonds is 2. The number of hydrogen-bond acceptors (Lipinski definition) is 4. The highest BCUT2D eigenvalue weighted by Gasteiger charge is 2.38. The highest BCUT2D eigenvalue weighted by Crippen LogP contribution is 2.31. The van der Waals surface area contributed by atoms with Crippen molar-refractivity contribution in [2.45, 2.75) is 30.3 Å². The van der Waals surface area contributed by atoms with Gasteiger partial charge in [-0.25, -0.2) is 8.42 Å². The molecule has 0 aromatic heterocycles. The molecular formula is C13H17NO4S. The summed E-state index contributed by atoms with van der Waals surface area (Å²) in [5.74, 6) is 0.771. The molecule has 1 aromatic carbocycles. The van der Waals surface area contributed by atoms with Gasteiger partial charge < -0.3 is 9.84 Å². The Hall–Kier alpha value is -1.11. The number of β-amino-alcohol motifs (C(OH)–C–C–N with tert-alkyl or cyclic N) is 1. The number of nitrogens with zero attached hydrogens (tertiary/aromatic N) is 1. The van der Waals surface area contributed by atoms with E-state index < -0.39 is 15.6 Å². The van der Waals surface area contributed by atoms with Crippen molar-refractivity contribution in [3.05, 3.63) is 23.8 Å². The van der Waals surface area contributed by atoms with Crippen LogP contribution in [-0.4, -0.2) is 43.1 Å². The van der Waals surface area contributed by atoms with Gasteiger partial charge in [0.15, 0.2) is 0 Å². The van der Waals surface area contributed by atoms with Crippen LogP contribution in [0.3, 0.4) is 0 Å². The average molecular weight is 283 g/mol. The molecule has 0 spiro atoms. The molecule has 104 valence electrons. The van der Waals surface area contributed by atoms with Crippen molar-refractivity contribution >= 4 is 10.0 Å². The molecule has 6 heteroatoms. The minimum atomic E-state index is -3.51. The average Bonchev–Trinajstić information content (AvgIpc) is 2.94. The molecular weight excluding hydrogens is 266 g/mol. The first-order valence-corrected chi connectivity index (χ1v) is 7.81. The van der Waals surface area contributed by atoms with Gasteiger partial charge in [-0.2, -0.15) is 4.31 Å². The normalized spacial score (nSPS) is 27.3. The molecule has 0 radical (unpaired) electrons. The van der Waals surface area contributed by atoms with Crippen LogP contribution in [0.5, 0.6) is 5.75 Å². The molecule has 19 heavy (non-hydrogen) atoms. The van der Waals surface area contributed by atoms with Gasteiger partial charge in [-0.3, -0.25) is 0 Å². The van der Waals surface area contributed by atoms with Crippen LogP contribution in [0, 0.1) is 0 Å². The van der Waals surface area contributed by atoms with Crippen LogP contribution in [0.15, 0.2) is 23.1 Å². The van der Waals surface area contributed by atoms with Crippen molar-refractivity contribution in [3.8, 4) is 5.75 Å². The molecule has 1 atom stereocenters. The minimum Gasteiger partial charge on any atom is -0.493 e. The van der Waals surface area contributed by atoms with E-state index in [0.717, 1.165) is 17.7 Å². The van der Waals surface area contributed by atoms with E-state index in [9.17, 15) is 13.5 Å². The molecule has 1 fully saturated rings. The summed E-state index contributed by atoms with van der Waals surface area (Å²) in [4.78, 5) is 0.287. The number of hydrogen-bond donors (Lipinski definition) is 1. The zero-order valence-corrected chi connectivity index (χ0v) is 11.6. The maximum atomic E-state index is 12.5. The third-order valence-corrected chi connectivity index (χ3v) is 5.56. The SMILES string of the molecule is CC1(O)CCN(S(=O)(=O)c2ccc3c(c2)CCO3)C1. The standard InChI is InChI=1S/C13H17NO4S/c1-13(15)5-6-14(9-13)19(16,17)11-2-3-12-10(8-11)4-7-18-12/h2-3,8,15H,4-7,9H2,1H3. The topological polar surface area (TPSA) is 66.8 Å². The summed E-state index contributed by atoms with van der Waals surface area (Å²) in [5, 5.41) is 9.90. The number of ether oxygens (including phenoxy) is 1. The highest BCUT2D eigenvalue weighted by molar-refractivity contribution is 7.89. The first-order chi connectivity index (χ1) is 8.88. The van der Waals surface area contributed by atoms with E-state index in [0.29, 0.717) is 19.6 Å². The van der Waals surface area contributed by atoms with E-state index >= 15 is 0 Å². The Morgan fingerprint density at radius 2 is 2.21 bits per heavy atom. The van der Waals surface area contributed by atoms with E-state index in [-0.39, 0.29) is 11.4 Å². The predicted octanol–water partition coefficient (Wildman–Crippen LogP) is 0.767. The Labute approximate surface area is 112 Å². The molecule has 1 N–H and O–H groups in total. The summed E-state index contributed by atoms with van der Waals surface area (Å²) >= 11 is 0. The highest BCUT2D eigenvalue weighted by atomic mass is 32.2. The zero-order chi connectivity index (χ0) is 13.7. The molecule has 1 saturated heterocycles. The van der Waals surface area contributed by atoms with Gasteiger partial charge in [0.1, 0.15) is 5.75 Å². The molecule has 3 rings (SSSR count). The van der Waals surface area contributed by atoms with Crippen LogP contribution in [0.4, 0.5) is 0 Å². The molecule has 0 amide bonds. The molecule has 0 bridgehead atoms. The Kier molecular flexibility index (Phi) is 2.85. The lowest BCUT2D eigenvalue weighted by molar-refractivity contribution is 0.0762. The maximum Gasteiger partial charge on any atom is 0.243 e. The molecule has 1 aromatic rings. The van der Waals surface area contributed by atoms with Crippen molar-refractivity contribution in [2.24, 2.45) is 0 Å². The molecule has 2 heterocycles. The Morgan fingerprint density at radius 3 is 2.89 bits per heavy atom. The monoisotopic (exact) mass is 283 g/mol. The fourth-order valence-corrected chi connectivity index (χ4v) is 4.19. The van der Waals surface area contributed by atoms with Crippen molar-refractivity contribution in [1.82, 2.24) is 4.31 Å². The Morgan fingerprint density at radius 1 is 1.42 bits per heavy atom. The van der Waals surface area contributed by atoms with Crippen LogP contribution in [0.25, 0.3) is 0 Å². The first-order valence-electron chi connectivity index (χ1n) is 6.37. The largest absolute Gasteiger partial charge is 0.493 e. The lowest BCUT2D eigenvalue weighted by atomic mass is 10.1. The Bertz CT molecular complexity index is 609. The van der Waals surface area contributed by atoms with Crippen LogP contribution in [0.1, 0.15) is 18.9 Å². The quantitative estimate of drug-likeness (QED) is 0.870. The van der Waals surface area contributed by atoms with Crippen LogP contribution >= 0.6 is 0 Å². The summed E-state index contributed by atoms with van der Waals surface area (Å²) in [6, 6.07) is 4.97. The number of sulfonamides is 1. The molecule has 1 unspecified atom stereocenters. The van der Waals surface area contributed by atoms with Crippen molar-refractivity contribution < 1.29 is 18.3 Å². The molecule has 2 aliphatic rings. The summed E-state index contributed by atoms with van der Waals surface area (Å²) < 4.78 is 31.7. The second-order valence-corrected chi connectivity index (χ2v) is 7.39. The lowest BCUT2D eigenvalue weighted by Crippen LogP contribution is -2.33. The van der Waals surface area contributed by atoms with Gasteiger partial charge in [0.2, 0.25) is 10.0 Å². The number of aliphatic hydroxyl groups is 1. The third kappa shape index (κ3) is 2.24. The van der Waals surface area contributed by atoms with E-state index in [4.69, 9.17) is 4.74 Å². The van der Waals surface area contributed by atoms with Gasteiger partial charge in [0, 0.05) is 19.5 Å². The molecule has 2 aliphatic heterocycles. The van der Waals surface area contributed by atoms with Crippen LogP contribution < -0.4 is 4.74 Å². The molecule has 0 saturated carbocycles. The minimum absolute atomic E-state index is 0.156. The number of benzene rings is 1.